The molecule has 0 atom stereocenters. The fourth-order valence-electron chi connectivity index (χ4n) is 2.00. The van der Waals surface area contributed by atoms with Gasteiger partial charge >= 0.3 is 5.63 Å². The standard InChI is InChI=1S/C14H12O3/c1-8(2)11-6-10-5-9-3-4-14(15)17-12(9)7-13(10)16-11/h3-5,7H,6H2,1-2H3. The van der Waals surface area contributed by atoms with Crippen molar-refractivity contribution in [3.63, 3.8) is 0 Å². The smallest absolute Gasteiger partial charge is 0.336 e. The molecule has 1 aliphatic heterocycles. The van der Waals surface area contributed by atoms with E-state index < -0.39 is 0 Å². The van der Waals surface area contributed by atoms with Gasteiger partial charge in [-0.1, -0.05) is 0 Å². The van der Waals surface area contributed by atoms with Crippen molar-refractivity contribution >= 4 is 11.0 Å². The SMILES string of the molecule is CC(C)=C1Cc2cc3ccc(=O)oc3cc2O1. The first-order chi connectivity index (χ1) is 8.13. The summed E-state index contributed by atoms with van der Waals surface area (Å²) in [5, 5.41) is 0.932. The summed E-state index contributed by atoms with van der Waals surface area (Å²) < 4.78 is 10.9. The number of allylic oxidation sites excluding steroid dienone is 2. The Labute approximate surface area is 98.3 Å². The van der Waals surface area contributed by atoms with Gasteiger partial charge in [0.1, 0.15) is 17.1 Å². The molecule has 0 saturated carbocycles. The number of hydrogen-bond donors (Lipinski definition) is 0. The zero-order chi connectivity index (χ0) is 12.0. The average Bonchev–Trinajstić information content (AvgIpc) is 2.68. The molecule has 0 spiro atoms. The normalized spacial score (nSPS) is 13.6. The molecule has 0 unspecified atom stereocenters. The number of fused-ring (bicyclic) bond motifs is 2. The van der Waals surface area contributed by atoms with Crippen LogP contribution in [0.5, 0.6) is 5.75 Å². The van der Waals surface area contributed by atoms with E-state index >= 15 is 0 Å². The second kappa shape index (κ2) is 3.48. The molecule has 3 rings (SSSR count). The van der Waals surface area contributed by atoms with Crippen molar-refractivity contribution in [3.05, 3.63) is 51.6 Å². The lowest BCUT2D eigenvalue weighted by atomic mass is 10.1. The van der Waals surface area contributed by atoms with Gasteiger partial charge in [0.25, 0.3) is 0 Å². The van der Waals surface area contributed by atoms with Gasteiger partial charge in [-0.05, 0) is 31.6 Å². The minimum Gasteiger partial charge on any atom is -0.461 e. The van der Waals surface area contributed by atoms with E-state index in [0.717, 1.165) is 28.9 Å². The van der Waals surface area contributed by atoms with E-state index in [2.05, 4.69) is 0 Å². The van der Waals surface area contributed by atoms with Crippen LogP contribution in [0.4, 0.5) is 0 Å². The summed E-state index contributed by atoms with van der Waals surface area (Å²) in [6.45, 7) is 4.06. The van der Waals surface area contributed by atoms with Crippen LogP contribution in [-0.4, -0.2) is 0 Å². The summed E-state index contributed by atoms with van der Waals surface area (Å²) >= 11 is 0. The summed E-state index contributed by atoms with van der Waals surface area (Å²) in [7, 11) is 0. The van der Waals surface area contributed by atoms with E-state index in [4.69, 9.17) is 9.15 Å². The van der Waals surface area contributed by atoms with Crippen LogP contribution in [-0.2, 0) is 6.42 Å². The number of hydrogen-bond acceptors (Lipinski definition) is 3. The molecule has 1 aromatic heterocycles. The van der Waals surface area contributed by atoms with E-state index in [9.17, 15) is 4.79 Å². The summed E-state index contributed by atoms with van der Waals surface area (Å²) in [5.74, 6) is 1.78. The third-order valence-electron chi connectivity index (χ3n) is 2.94. The third kappa shape index (κ3) is 1.64. The monoisotopic (exact) mass is 228 g/mol. The predicted molar refractivity (Wildman–Crippen MR) is 65.2 cm³/mol. The van der Waals surface area contributed by atoms with Crippen LogP contribution >= 0.6 is 0 Å². The van der Waals surface area contributed by atoms with Crippen molar-refractivity contribution in [2.24, 2.45) is 0 Å². The van der Waals surface area contributed by atoms with Crippen LogP contribution in [0.25, 0.3) is 11.0 Å². The Kier molecular flexibility index (Phi) is 2.08. The molecular weight excluding hydrogens is 216 g/mol. The molecule has 3 nitrogen and oxygen atoms in total. The molecule has 0 radical (unpaired) electrons. The molecule has 0 saturated heterocycles. The average molecular weight is 228 g/mol. The maximum Gasteiger partial charge on any atom is 0.336 e. The lowest BCUT2D eigenvalue weighted by molar-refractivity contribution is 0.438. The molecule has 0 N–H and O–H groups in total. The van der Waals surface area contributed by atoms with E-state index in [1.807, 2.05) is 19.9 Å². The van der Waals surface area contributed by atoms with Gasteiger partial charge in [0, 0.05) is 29.5 Å². The molecule has 2 aromatic rings. The van der Waals surface area contributed by atoms with Gasteiger partial charge in [0.05, 0.1) is 0 Å². The van der Waals surface area contributed by atoms with Crippen molar-refractivity contribution in [3.8, 4) is 5.75 Å². The Hall–Kier alpha value is -2.03. The van der Waals surface area contributed by atoms with Crippen molar-refractivity contribution < 1.29 is 9.15 Å². The van der Waals surface area contributed by atoms with Gasteiger partial charge in [0.2, 0.25) is 0 Å². The molecule has 0 bridgehead atoms. The van der Waals surface area contributed by atoms with Crippen molar-refractivity contribution in [2.75, 3.05) is 0 Å². The molecule has 2 heterocycles. The van der Waals surface area contributed by atoms with Crippen LogP contribution in [0.15, 0.2) is 44.8 Å². The molecular formula is C14H12O3. The number of ether oxygens (including phenoxy) is 1. The molecule has 1 aliphatic rings. The van der Waals surface area contributed by atoms with E-state index in [0.29, 0.717) is 5.58 Å². The summed E-state index contributed by atoms with van der Waals surface area (Å²) in [4.78, 5) is 11.1. The van der Waals surface area contributed by atoms with Crippen LogP contribution < -0.4 is 10.4 Å². The van der Waals surface area contributed by atoms with Gasteiger partial charge in [-0.25, -0.2) is 4.79 Å². The van der Waals surface area contributed by atoms with Crippen molar-refractivity contribution in [1.29, 1.82) is 0 Å². The summed E-state index contributed by atoms with van der Waals surface area (Å²) in [6, 6.07) is 7.03. The van der Waals surface area contributed by atoms with Gasteiger partial charge in [0.15, 0.2) is 0 Å². The molecule has 1 aromatic carbocycles. The first-order valence-electron chi connectivity index (χ1n) is 5.54. The summed E-state index contributed by atoms with van der Waals surface area (Å²) in [6.07, 6.45) is 0.812. The lowest BCUT2D eigenvalue weighted by Crippen LogP contribution is -1.94. The highest BCUT2D eigenvalue weighted by Gasteiger charge is 2.19. The van der Waals surface area contributed by atoms with Gasteiger partial charge in [-0.2, -0.15) is 0 Å². The van der Waals surface area contributed by atoms with Crippen LogP contribution in [0.2, 0.25) is 0 Å². The molecule has 0 amide bonds. The highest BCUT2D eigenvalue weighted by Crippen LogP contribution is 2.35. The van der Waals surface area contributed by atoms with Gasteiger partial charge < -0.3 is 9.15 Å². The van der Waals surface area contributed by atoms with Gasteiger partial charge in [-0.3, -0.25) is 0 Å². The largest absolute Gasteiger partial charge is 0.461 e. The Morgan fingerprint density at radius 1 is 1.24 bits per heavy atom. The predicted octanol–water partition coefficient (Wildman–Crippen LogP) is 3.02. The molecule has 17 heavy (non-hydrogen) atoms. The second-order valence-electron chi connectivity index (χ2n) is 4.45. The first-order valence-corrected chi connectivity index (χ1v) is 5.54. The van der Waals surface area contributed by atoms with Crippen molar-refractivity contribution in [1.82, 2.24) is 0 Å². The first kappa shape index (κ1) is 10.1. The highest BCUT2D eigenvalue weighted by molar-refractivity contribution is 5.80. The number of benzene rings is 1. The molecule has 86 valence electrons. The fourth-order valence-corrected chi connectivity index (χ4v) is 2.00. The number of rotatable bonds is 0. The summed E-state index contributed by atoms with van der Waals surface area (Å²) in [5.41, 5.74) is 2.55. The van der Waals surface area contributed by atoms with Crippen LogP contribution in [0, 0.1) is 0 Å². The lowest BCUT2D eigenvalue weighted by Gasteiger charge is -2.01. The molecule has 0 aliphatic carbocycles. The van der Waals surface area contributed by atoms with E-state index in [1.54, 1.807) is 12.1 Å². The van der Waals surface area contributed by atoms with Crippen LogP contribution in [0.1, 0.15) is 19.4 Å². The maximum absolute atomic E-state index is 11.1. The Balaban J connectivity index is 2.22. The minimum atomic E-state index is -0.335. The molecule has 0 fully saturated rings. The second-order valence-corrected chi connectivity index (χ2v) is 4.45. The Morgan fingerprint density at radius 2 is 2.06 bits per heavy atom. The van der Waals surface area contributed by atoms with E-state index in [1.165, 1.54) is 11.6 Å². The highest BCUT2D eigenvalue weighted by atomic mass is 16.5. The Bertz CT molecular complexity index is 688. The maximum atomic E-state index is 11.1. The van der Waals surface area contributed by atoms with E-state index in [-0.39, 0.29) is 5.63 Å². The van der Waals surface area contributed by atoms with Gasteiger partial charge in [-0.15, -0.1) is 0 Å². The fraction of sp³-hybridized carbons (Fsp3) is 0.214. The topological polar surface area (TPSA) is 39.4 Å². The third-order valence-corrected chi connectivity index (χ3v) is 2.94. The zero-order valence-electron chi connectivity index (χ0n) is 9.74. The molecule has 3 heteroatoms. The van der Waals surface area contributed by atoms with Crippen molar-refractivity contribution in [2.45, 2.75) is 20.3 Å². The van der Waals surface area contributed by atoms with Crippen LogP contribution in [0.3, 0.4) is 0 Å². The minimum absolute atomic E-state index is 0.335. The zero-order valence-corrected chi connectivity index (χ0v) is 9.74. The quantitative estimate of drug-likeness (QED) is 0.650. The Morgan fingerprint density at radius 3 is 2.82 bits per heavy atom.